The first-order valence-electron chi connectivity index (χ1n) is 5.92. The predicted molar refractivity (Wildman–Crippen MR) is 78.5 cm³/mol. The number of furan rings is 1. The monoisotopic (exact) mass is 336 g/mol. The number of hydrogen-bond donors (Lipinski definition) is 2. The number of aliphatic hydroxyl groups excluding tert-OH is 1. The van der Waals surface area contributed by atoms with E-state index in [-0.39, 0.29) is 23.7 Å². The molecule has 1 aromatic carbocycles. The van der Waals surface area contributed by atoms with Crippen LogP contribution in [0.3, 0.4) is 0 Å². The number of carbonyl (C=O) groups excluding carboxylic acids is 1. The third-order valence-corrected chi connectivity index (χ3v) is 3.31. The Balaban J connectivity index is 2.24. The van der Waals surface area contributed by atoms with Gasteiger partial charge >= 0.3 is 0 Å². The Kier molecular flexibility index (Phi) is 4.42. The van der Waals surface area contributed by atoms with Gasteiger partial charge in [-0.05, 0) is 64.8 Å². The summed E-state index contributed by atoms with van der Waals surface area (Å²) >= 11 is 3.20. The molecule has 104 valence electrons. The summed E-state index contributed by atoms with van der Waals surface area (Å²) in [5.74, 6) is 0.487. The van der Waals surface area contributed by atoms with Crippen molar-refractivity contribution < 1.29 is 19.4 Å². The first kappa shape index (κ1) is 14.6. The van der Waals surface area contributed by atoms with Crippen LogP contribution in [-0.2, 0) is 6.61 Å². The average molecular weight is 337 g/mol. The smallest absolute Gasteiger partial charge is 0.189 e. The van der Waals surface area contributed by atoms with E-state index in [1.165, 1.54) is 12.2 Å². The molecule has 0 amide bonds. The molecule has 0 saturated carbocycles. The zero-order chi connectivity index (χ0) is 14.7. The van der Waals surface area contributed by atoms with Crippen LogP contribution in [-0.4, -0.2) is 16.0 Å². The van der Waals surface area contributed by atoms with E-state index in [2.05, 4.69) is 15.9 Å². The zero-order valence-electron chi connectivity index (χ0n) is 10.8. The molecule has 0 bridgehead atoms. The molecule has 0 aliphatic carbocycles. The molecule has 0 spiro atoms. The Morgan fingerprint density at radius 3 is 2.80 bits per heavy atom. The molecule has 0 atom stereocenters. The lowest BCUT2D eigenvalue weighted by atomic mass is 10.1. The number of allylic oxidation sites excluding steroid dienone is 1. The molecule has 20 heavy (non-hydrogen) atoms. The SMILES string of the molecule is Cc1cc(Br)c(O)c(C(=O)/C=C/c2ccc(CO)o2)c1. The van der Waals surface area contributed by atoms with Crippen molar-refractivity contribution in [1.82, 2.24) is 0 Å². The van der Waals surface area contributed by atoms with Gasteiger partial charge in [-0.15, -0.1) is 0 Å². The summed E-state index contributed by atoms with van der Waals surface area (Å²) in [5.41, 5.74) is 1.09. The summed E-state index contributed by atoms with van der Waals surface area (Å²) in [6.45, 7) is 1.65. The topological polar surface area (TPSA) is 70.7 Å². The van der Waals surface area contributed by atoms with Crippen LogP contribution >= 0.6 is 15.9 Å². The first-order valence-corrected chi connectivity index (χ1v) is 6.71. The van der Waals surface area contributed by atoms with E-state index in [4.69, 9.17) is 9.52 Å². The van der Waals surface area contributed by atoms with Gasteiger partial charge in [-0.25, -0.2) is 0 Å². The zero-order valence-corrected chi connectivity index (χ0v) is 12.3. The van der Waals surface area contributed by atoms with Crippen molar-refractivity contribution >= 4 is 27.8 Å². The van der Waals surface area contributed by atoms with Crippen LogP contribution in [0.4, 0.5) is 0 Å². The molecule has 1 aromatic heterocycles. The maximum Gasteiger partial charge on any atom is 0.189 e. The summed E-state index contributed by atoms with van der Waals surface area (Å²) in [7, 11) is 0. The fourth-order valence-electron chi connectivity index (χ4n) is 1.74. The van der Waals surface area contributed by atoms with Crippen LogP contribution in [0.1, 0.15) is 27.4 Å². The number of phenolic OH excluding ortho intramolecular Hbond substituents is 1. The number of aliphatic hydroxyl groups is 1. The van der Waals surface area contributed by atoms with Gasteiger partial charge in [0.25, 0.3) is 0 Å². The van der Waals surface area contributed by atoms with Crippen LogP contribution in [0.15, 0.2) is 39.2 Å². The number of aryl methyl sites for hydroxylation is 1. The highest BCUT2D eigenvalue weighted by molar-refractivity contribution is 9.10. The third kappa shape index (κ3) is 3.18. The quantitative estimate of drug-likeness (QED) is 0.662. The molecule has 0 radical (unpaired) electrons. The number of halogens is 1. The van der Waals surface area contributed by atoms with Crippen molar-refractivity contribution in [3.63, 3.8) is 0 Å². The third-order valence-electron chi connectivity index (χ3n) is 2.71. The van der Waals surface area contributed by atoms with Gasteiger partial charge in [0.2, 0.25) is 0 Å². The molecule has 0 saturated heterocycles. The predicted octanol–water partition coefficient (Wildman–Crippen LogP) is 3.44. The Labute approximate surface area is 124 Å². The fraction of sp³-hybridized carbons (Fsp3) is 0.133. The minimum atomic E-state index is -0.325. The van der Waals surface area contributed by atoms with Gasteiger partial charge in [-0.2, -0.15) is 0 Å². The normalized spacial score (nSPS) is 11.2. The Hall–Kier alpha value is -1.85. The number of carbonyl (C=O) groups is 1. The van der Waals surface area contributed by atoms with Crippen molar-refractivity contribution in [1.29, 1.82) is 0 Å². The molecular formula is C15H13BrO4. The molecule has 5 heteroatoms. The minimum absolute atomic E-state index is 0.0826. The van der Waals surface area contributed by atoms with Crippen LogP contribution < -0.4 is 0 Å². The maximum absolute atomic E-state index is 12.1. The van der Waals surface area contributed by atoms with Crippen LogP contribution in [0.2, 0.25) is 0 Å². The molecule has 2 rings (SSSR count). The van der Waals surface area contributed by atoms with E-state index in [1.54, 1.807) is 24.3 Å². The molecule has 0 aliphatic rings. The number of rotatable bonds is 4. The van der Waals surface area contributed by atoms with Gasteiger partial charge in [0, 0.05) is 0 Å². The highest BCUT2D eigenvalue weighted by Crippen LogP contribution is 2.30. The summed E-state index contributed by atoms with van der Waals surface area (Å²) in [4.78, 5) is 12.1. The van der Waals surface area contributed by atoms with Crippen molar-refractivity contribution in [2.24, 2.45) is 0 Å². The number of benzene rings is 1. The van der Waals surface area contributed by atoms with Gasteiger partial charge in [0.1, 0.15) is 23.9 Å². The Bertz CT molecular complexity index is 671. The molecule has 4 nitrogen and oxygen atoms in total. The van der Waals surface area contributed by atoms with E-state index in [9.17, 15) is 9.90 Å². The summed E-state index contributed by atoms with van der Waals surface area (Å²) in [6.07, 6.45) is 2.82. The van der Waals surface area contributed by atoms with Crippen LogP contribution in [0, 0.1) is 6.92 Å². The lowest BCUT2D eigenvalue weighted by molar-refractivity contribution is 0.104. The van der Waals surface area contributed by atoms with E-state index < -0.39 is 0 Å². The summed E-state index contributed by atoms with van der Waals surface area (Å²) in [5, 5.41) is 18.8. The second-order valence-electron chi connectivity index (χ2n) is 4.30. The molecule has 2 N–H and O–H groups in total. The summed E-state index contributed by atoms with van der Waals surface area (Å²) in [6, 6.07) is 6.64. The van der Waals surface area contributed by atoms with Gasteiger partial charge in [-0.1, -0.05) is 0 Å². The van der Waals surface area contributed by atoms with Crippen molar-refractivity contribution in [2.45, 2.75) is 13.5 Å². The molecule has 0 unspecified atom stereocenters. The number of ketones is 1. The van der Waals surface area contributed by atoms with Gasteiger partial charge < -0.3 is 14.6 Å². The first-order chi connectivity index (χ1) is 9.51. The molecular weight excluding hydrogens is 324 g/mol. The number of phenols is 1. The van der Waals surface area contributed by atoms with E-state index in [1.807, 2.05) is 6.92 Å². The molecule has 0 fully saturated rings. The lowest BCUT2D eigenvalue weighted by Crippen LogP contribution is -1.96. The molecule has 0 aliphatic heterocycles. The summed E-state index contributed by atoms with van der Waals surface area (Å²) < 4.78 is 5.72. The number of aromatic hydroxyl groups is 1. The van der Waals surface area contributed by atoms with E-state index >= 15 is 0 Å². The second kappa shape index (κ2) is 6.07. The van der Waals surface area contributed by atoms with Crippen LogP contribution in [0.25, 0.3) is 6.08 Å². The Morgan fingerprint density at radius 1 is 1.40 bits per heavy atom. The van der Waals surface area contributed by atoms with Crippen molar-refractivity contribution in [2.75, 3.05) is 0 Å². The largest absolute Gasteiger partial charge is 0.506 e. The van der Waals surface area contributed by atoms with Crippen molar-refractivity contribution in [3.8, 4) is 5.75 Å². The average Bonchev–Trinajstić information content (AvgIpc) is 2.88. The van der Waals surface area contributed by atoms with E-state index in [0.29, 0.717) is 16.0 Å². The Morgan fingerprint density at radius 2 is 2.15 bits per heavy atom. The van der Waals surface area contributed by atoms with Crippen molar-refractivity contribution in [3.05, 3.63) is 57.5 Å². The number of hydrogen-bond acceptors (Lipinski definition) is 4. The molecule has 2 aromatic rings. The standard InChI is InChI=1S/C15H13BrO4/c1-9-6-12(15(19)13(16)7-9)14(18)5-4-10-2-3-11(8-17)20-10/h2-7,17,19H,8H2,1H3/b5-4+. The minimum Gasteiger partial charge on any atom is -0.506 e. The highest BCUT2D eigenvalue weighted by Gasteiger charge is 2.12. The lowest BCUT2D eigenvalue weighted by Gasteiger charge is -2.04. The fourth-order valence-corrected chi connectivity index (χ4v) is 2.31. The van der Waals surface area contributed by atoms with Gasteiger partial charge in [0.15, 0.2) is 5.78 Å². The molecule has 1 heterocycles. The second-order valence-corrected chi connectivity index (χ2v) is 5.16. The highest BCUT2D eigenvalue weighted by atomic mass is 79.9. The maximum atomic E-state index is 12.1. The van der Waals surface area contributed by atoms with Crippen LogP contribution in [0.5, 0.6) is 5.75 Å². The van der Waals surface area contributed by atoms with E-state index in [0.717, 1.165) is 5.56 Å². The van der Waals surface area contributed by atoms with Gasteiger partial charge in [0.05, 0.1) is 10.0 Å². The van der Waals surface area contributed by atoms with Gasteiger partial charge in [-0.3, -0.25) is 4.79 Å².